The summed E-state index contributed by atoms with van der Waals surface area (Å²) in [6, 6.07) is 14.2. The van der Waals surface area contributed by atoms with Crippen LogP contribution in [0.15, 0.2) is 59.5 Å². The van der Waals surface area contributed by atoms with Crippen LogP contribution in [-0.2, 0) is 9.53 Å². The average Bonchev–Trinajstić information content (AvgIpc) is 3.05. The van der Waals surface area contributed by atoms with E-state index in [-0.39, 0.29) is 18.1 Å². The number of hydrogen-bond donors (Lipinski definition) is 3. The molecular weight excluding hydrogens is 619 g/mol. The lowest BCUT2D eigenvalue weighted by atomic mass is 10.0. The number of ether oxygens (including phenoxy) is 1. The molecule has 262 valence electrons. The predicted octanol–water partition coefficient (Wildman–Crippen LogP) is 11.8. The largest absolute Gasteiger partial charge is 0.466 e. The van der Waals surface area contributed by atoms with Gasteiger partial charge in [0.05, 0.1) is 13.0 Å². The number of unbranched alkanes of at least 4 members (excludes halogenated alkanes) is 15. The molecule has 5 nitrogen and oxygen atoms in total. The Morgan fingerprint density at radius 3 is 1.81 bits per heavy atom. The summed E-state index contributed by atoms with van der Waals surface area (Å²) in [4.78, 5) is 13.0. The monoisotopic (exact) mass is 675 g/mol. The topological polar surface area (TPSA) is 74.2 Å². The van der Waals surface area contributed by atoms with Crippen molar-refractivity contribution >= 4 is 35.0 Å². The van der Waals surface area contributed by atoms with Crippen LogP contribution in [0.4, 0.5) is 18.9 Å². The summed E-state index contributed by atoms with van der Waals surface area (Å²) < 4.78 is 47.7. The van der Waals surface area contributed by atoms with Gasteiger partial charge in [-0.25, -0.2) is 0 Å². The lowest BCUT2D eigenvalue weighted by Gasteiger charge is -2.14. The van der Waals surface area contributed by atoms with E-state index in [1.54, 1.807) is 24.3 Å². The van der Waals surface area contributed by atoms with Crippen LogP contribution >= 0.6 is 11.9 Å². The Morgan fingerprint density at radius 2 is 1.30 bits per heavy atom. The highest BCUT2D eigenvalue weighted by Gasteiger charge is 2.33. The Hall–Kier alpha value is -2.78. The minimum Gasteiger partial charge on any atom is -0.466 e. The first-order valence-corrected chi connectivity index (χ1v) is 18.4. The Morgan fingerprint density at radius 1 is 0.787 bits per heavy atom. The van der Waals surface area contributed by atoms with Gasteiger partial charge in [0.25, 0.3) is 0 Å². The third kappa shape index (κ3) is 19.6. The number of benzene rings is 2. The maximum absolute atomic E-state index is 13.0. The van der Waals surface area contributed by atoms with Crippen molar-refractivity contribution in [1.82, 2.24) is 4.72 Å². The smallest absolute Gasteiger partial charge is 0.432 e. The molecule has 0 atom stereocenters. The molecule has 0 aromatic heterocycles. The quantitative estimate of drug-likeness (QED) is 0.0400. The van der Waals surface area contributed by atoms with Crippen LogP contribution < -0.4 is 10.0 Å². The zero-order chi connectivity index (χ0) is 34.2. The van der Waals surface area contributed by atoms with E-state index in [9.17, 15) is 18.0 Å². The van der Waals surface area contributed by atoms with Crippen molar-refractivity contribution in [2.24, 2.45) is 0 Å². The number of halogens is 3. The number of allylic oxidation sites excluding steroid dienone is 1. The zero-order valence-electron chi connectivity index (χ0n) is 28.5. The molecule has 0 radical (unpaired) electrons. The van der Waals surface area contributed by atoms with E-state index >= 15 is 0 Å². The SMILES string of the molecule is CCCCCCCCCCCCCCCCCCOC(=O)CCNSc1ccc(N/C(=C\C(=N)C(F)(F)F)c2ccc(C)cc2)cc1. The van der Waals surface area contributed by atoms with Crippen molar-refractivity contribution < 1.29 is 22.7 Å². The molecule has 0 aliphatic heterocycles. The highest BCUT2D eigenvalue weighted by molar-refractivity contribution is 7.97. The molecule has 0 bridgehead atoms. The molecule has 9 heteroatoms. The Labute approximate surface area is 285 Å². The second-order valence-corrected chi connectivity index (χ2v) is 13.2. The molecule has 0 fully saturated rings. The maximum Gasteiger partial charge on any atom is 0.432 e. The van der Waals surface area contributed by atoms with Crippen LogP contribution in [0.2, 0.25) is 0 Å². The number of alkyl halides is 3. The standard InChI is InChI=1S/C38H56F3N3O2S/c1-3-4-5-6-7-8-9-10-11-12-13-14-15-16-17-18-29-46-37(45)27-28-43-47-34-25-23-33(24-26-34)44-35(30-36(42)38(39,40)41)32-21-19-31(2)20-22-32/h19-26,30,42-44H,3-18,27-29H2,1-2H3/b35-30-,42-36?. The lowest BCUT2D eigenvalue weighted by molar-refractivity contribution is -0.143. The number of carbonyl (C=O) groups is 1. The van der Waals surface area contributed by atoms with Crippen molar-refractivity contribution in [2.45, 2.75) is 134 Å². The van der Waals surface area contributed by atoms with Crippen LogP contribution in [0.5, 0.6) is 0 Å². The molecule has 0 aliphatic rings. The molecular formula is C38H56F3N3O2S. The molecule has 0 amide bonds. The summed E-state index contributed by atoms with van der Waals surface area (Å²) in [5.41, 5.74) is 0.876. The average molecular weight is 676 g/mol. The number of carbonyl (C=O) groups excluding carboxylic acids is 1. The summed E-state index contributed by atoms with van der Waals surface area (Å²) >= 11 is 1.37. The predicted molar refractivity (Wildman–Crippen MR) is 192 cm³/mol. The van der Waals surface area contributed by atoms with Gasteiger partial charge in [0.15, 0.2) is 0 Å². The first kappa shape index (κ1) is 40.4. The number of anilines is 1. The first-order chi connectivity index (χ1) is 22.7. The van der Waals surface area contributed by atoms with Crippen LogP contribution in [0.25, 0.3) is 5.70 Å². The van der Waals surface area contributed by atoms with Crippen LogP contribution in [0.1, 0.15) is 127 Å². The van der Waals surface area contributed by atoms with Gasteiger partial charge in [0.2, 0.25) is 0 Å². The number of rotatable bonds is 26. The normalized spacial score (nSPS) is 11.9. The molecule has 0 aliphatic carbocycles. The molecule has 47 heavy (non-hydrogen) atoms. The first-order valence-electron chi connectivity index (χ1n) is 17.6. The Kier molecular flexibility index (Phi) is 20.9. The summed E-state index contributed by atoms with van der Waals surface area (Å²) in [7, 11) is 0. The number of aryl methyl sites for hydroxylation is 1. The van der Waals surface area contributed by atoms with Crippen LogP contribution in [-0.4, -0.2) is 31.0 Å². The van der Waals surface area contributed by atoms with Crippen LogP contribution in [0.3, 0.4) is 0 Å². The van der Waals surface area contributed by atoms with Gasteiger partial charge in [-0.3, -0.25) is 14.9 Å². The number of nitrogens with one attached hydrogen (secondary N) is 3. The maximum atomic E-state index is 13.0. The van der Waals surface area contributed by atoms with E-state index in [4.69, 9.17) is 10.1 Å². The third-order valence-electron chi connectivity index (χ3n) is 7.97. The van der Waals surface area contributed by atoms with Gasteiger partial charge in [-0.1, -0.05) is 133 Å². The molecule has 0 heterocycles. The van der Waals surface area contributed by atoms with Gasteiger partial charge in [0.1, 0.15) is 5.71 Å². The summed E-state index contributed by atoms with van der Waals surface area (Å²) in [6.07, 6.45) is 17.3. The second kappa shape index (κ2) is 24.4. The van der Waals surface area contributed by atoms with Gasteiger partial charge in [-0.15, -0.1) is 0 Å². The zero-order valence-corrected chi connectivity index (χ0v) is 29.3. The van der Waals surface area contributed by atoms with E-state index in [1.807, 2.05) is 31.2 Å². The highest BCUT2D eigenvalue weighted by Crippen LogP contribution is 2.25. The molecule has 2 aromatic rings. The van der Waals surface area contributed by atoms with E-state index in [0.717, 1.165) is 29.4 Å². The number of hydrogen-bond acceptors (Lipinski definition) is 6. The van der Waals surface area contributed by atoms with Gasteiger partial charge in [-0.05, 0) is 61.2 Å². The molecule has 0 unspecified atom stereocenters. The molecule has 3 N–H and O–H groups in total. The molecule has 0 spiro atoms. The second-order valence-electron chi connectivity index (χ2n) is 12.3. The van der Waals surface area contributed by atoms with Crippen molar-refractivity contribution in [3.05, 3.63) is 65.7 Å². The third-order valence-corrected chi connectivity index (χ3v) is 8.83. The molecule has 0 saturated heterocycles. The van der Waals surface area contributed by atoms with Crippen molar-refractivity contribution in [3.8, 4) is 0 Å². The van der Waals surface area contributed by atoms with Gasteiger partial charge < -0.3 is 10.1 Å². The Balaban J connectivity index is 1.52. The Bertz CT molecular complexity index is 1170. The summed E-state index contributed by atoms with van der Waals surface area (Å²) in [6.45, 7) is 5.10. The van der Waals surface area contributed by atoms with Gasteiger partial charge in [-0.2, -0.15) is 13.2 Å². The summed E-state index contributed by atoms with van der Waals surface area (Å²) in [5, 5.41) is 10.4. The molecule has 0 saturated carbocycles. The lowest BCUT2D eigenvalue weighted by Crippen LogP contribution is -2.20. The number of esters is 1. The van der Waals surface area contributed by atoms with Gasteiger partial charge in [0, 0.05) is 22.8 Å². The van der Waals surface area contributed by atoms with E-state index in [1.165, 1.54) is 102 Å². The van der Waals surface area contributed by atoms with Gasteiger partial charge >= 0.3 is 12.1 Å². The highest BCUT2D eigenvalue weighted by atomic mass is 32.2. The fourth-order valence-electron chi connectivity index (χ4n) is 5.11. The van der Waals surface area contributed by atoms with E-state index < -0.39 is 11.9 Å². The van der Waals surface area contributed by atoms with Crippen LogP contribution in [0, 0.1) is 12.3 Å². The summed E-state index contributed by atoms with van der Waals surface area (Å²) in [5.74, 6) is -0.210. The van der Waals surface area contributed by atoms with E-state index in [2.05, 4.69) is 17.0 Å². The molecule has 2 rings (SSSR count). The van der Waals surface area contributed by atoms with Crippen molar-refractivity contribution in [1.29, 1.82) is 5.41 Å². The van der Waals surface area contributed by atoms with E-state index in [0.29, 0.717) is 24.4 Å². The van der Waals surface area contributed by atoms with Crippen molar-refractivity contribution in [3.63, 3.8) is 0 Å². The molecule has 2 aromatic carbocycles. The fraction of sp³-hybridized carbons (Fsp3) is 0.579. The fourth-order valence-corrected chi connectivity index (χ4v) is 5.75. The minimum absolute atomic E-state index is 0.184. The minimum atomic E-state index is -4.73. The van der Waals surface area contributed by atoms with Crippen molar-refractivity contribution in [2.75, 3.05) is 18.5 Å².